The molecule has 166 valence electrons. The maximum absolute atomic E-state index is 12.0. The number of anilines is 4. The first-order chi connectivity index (χ1) is 15.5. The molecule has 0 spiro atoms. The third kappa shape index (κ3) is 4.32. The van der Waals surface area contributed by atoms with Crippen LogP contribution in [0.5, 0.6) is 0 Å². The molecule has 0 bridgehead atoms. The number of fused-ring (bicyclic) bond motifs is 1. The quantitative estimate of drug-likeness (QED) is 0.468. The van der Waals surface area contributed by atoms with E-state index in [1.807, 2.05) is 18.2 Å². The molecule has 1 aliphatic heterocycles. The van der Waals surface area contributed by atoms with Crippen LogP contribution in [0.4, 0.5) is 23.0 Å². The average Bonchev–Trinajstić information content (AvgIpc) is 3.30. The predicted molar refractivity (Wildman–Crippen MR) is 127 cm³/mol. The molecule has 0 radical (unpaired) electrons. The van der Waals surface area contributed by atoms with Crippen LogP contribution in [-0.2, 0) is 16.9 Å². The minimum Gasteiger partial charge on any atom is -0.616 e. The lowest BCUT2D eigenvalue weighted by molar-refractivity contribution is 0.600. The topological polar surface area (TPSA) is 130 Å². The third-order valence-electron chi connectivity index (χ3n) is 5.80. The van der Waals surface area contributed by atoms with Crippen LogP contribution in [0.2, 0.25) is 0 Å². The van der Waals surface area contributed by atoms with E-state index in [9.17, 15) is 9.81 Å². The van der Waals surface area contributed by atoms with Gasteiger partial charge in [0, 0.05) is 48.2 Å². The molecule has 5 rings (SSSR count). The van der Waals surface area contributed by atoms with Crippen molar-refractivity contribution < 1.29 is 4.55 Å². The van der Waals surface area contributed by atoms with Crippen molar-refractivity contribution in [2.45, 2.75) is 37.1 Å². The van der Waals surface area contributed by atoms with E-state index in [1.54, 1.807) is 10.8 Å². The van der Waals surface area contributed by atoms with Gasteiger partial charge in [-0.15, -0.1) is 0 Å². The van der Waals surface area contributed by atoms with Gasteiger partial charge in [0.05, 0.1) is 12.5 Å². The van der Waals surface area contributed by atoms with Gasteiger partial charge in [-0.25, -0.2) is 4.98 Å². The normalized spacial score (nSPS) is 19.2. The Bertz CT molecular complexity index is 1180. The summed E-state index contributed by atoms with van der Waals surface area (Å²) < 4.78 is 13.7. The number of nitrogens with one attached hydrogen (secondary N) is 2. The van der Waals surface area contributed by atoms with Crippen molar-refractivity contribution in [3.63, 3.8) is 0 Å². The number of rotatable bonds is 7. The van der Waals surface area contributed by atoms with Gasteiger partial charge in [0.15, 0.2) is 5.65 Å². The molecular formula is C22H26N8OS. The lowest BCUT2D eigenvalue weighted by Crippen LogP contribution is -2.27. The Hall–Kier alpha value is -3.00. The highest BCUT2D eigenvalue weighted by atomic mass is 32.2. The van der Waals surface area contributed by atoms with Crippen LogP contribution in [0.15, 0.2) is 30.5 Å². The standard InChI is InChI=1S/C22H26N8OS/c1-32(31)13-14-8-18(4-5-19(14)29-7-6-16(24)12-29)26-20-9-21(27-17-2-3-17)30-22(28-20)15(10-23)11-25-30/h4-5,8-9,11,16-17,27H,2-3,6-7,12-13,24H2,1H3,(H,26,28)/t16-,32?/m1/s1. The van der Waals surface area contributed by atoms with Crippen LogP contribution in [0.25, 0.3) is 5.65 Å². The van der Waals surface area contributed by atoms with Gasteiger partial charge in [0.1, 0.15) is 29.0 Å². The highest BCUT2D eigenvalue weighted by Crippen LogP contribution is 2.31. The molecule has 0 amide bonds. The summed E-state index contributed by atoms with van der Waals surface area (Å²) >= 11 is -0.970. The van der Waals surface area contributed by atoms with Crippen molar-refractivity contribution in [1.29, 1.82) is 5.26 Å². The number of nitrogens with two attached hydrogens (primary N) is 1. The number of nitrogens with zero attached hydrogens (tertiary/aromatic N) is 5. The van der Waals surface area contributed by atoms with Gasteiger partial charge in [0.2, 0.25) is 0 Å². The van der Waals surface area contributed by atoms with Crippen molar-refractivity contribution in [3.05, 3.63) is 41.6 Å². The van der Waals surface area contributed by atoms with Gasteiger partial charge in [-0.2, -0.15) is 14.9 Å². The second kappa shape index (κ2) is 8.50. The van der Waals surface area contributed by atoms with E-state index < -0.39 is 11.2 Å². The largest absolute Gasteiger partial charge is 0.616 e. The lowest BCUT2D eigenvalue weighted by atomic mass is 10.1. The first-order valence-corrected chi connectivity index (χ1v) is 12.5. The number of hydrogen-bond donors (Lipinski definition) is 3. The van der Waals surface area contributed by atoms with E-state index in [2.05, 4.69) is 37.8 Å². The van der Waals surface area contributed by atoms with Crippen LogP contribution in [0.1, 0.15) is 30.4 Å². The Labute approximate surface area is 189 Å². The summed E-state index contributed by atoms with van der Waals surface area (Å²) in [7, 11) is 0. The molecule has 2 aliphatic rings. The number of hydrogen-bond acceptors (Lipinski definition) is 8. The number of benzene rings is 1. The van der Waals surface area contributed by atoms with Gasteiger partial charge < -0.3 is 25.8 Å². The molecule has 1 aromatic carbocycles. The molecule has 1 unspecified atom stereocenters. The molecule has 1 saturated heterocycles. The third-order valence-corrected chi connectivity index (χ3v) is 6.52. The number of nitriles is 1. The maximum Gasteiger partial charge on any atom is 0.177 e. The summed E-state index contributed by atoms with van der Waals surface area (Å²) in [5.74, 6) is 1.90. The fourth-order valence-electron chi connectivity index (χ4n) is 4.11. The molecule has 2 fully saturated rings. The second-order valence-electron chi connectivity index (χ2n) is 8.53. The summed E-state index contributed by atoms with van der Waals surface area (Å²) in [6.07, 6.45) is 6.46. The molecular weight excluding hydrogens is 424 g/mol. The minimum atomic E-state index is -0.970. The fraction of sp³-hybridized carbons (Fsp3) is 0.409. The Kier molecular flexibility index (Phi) is 5.55. The van der Waals surface area contributed by atoms with E-state index in [0.29, 0.717) is 28.8 Å². The highest BCUT2D eigenvalue weighted by molar-refractivity contribution is 7.89. The van der Waals surface area contributed by atoms with Crippen LogP contribution in [0.3, 0.4) is 0 Å². The molecule has 3 aromatic rings. The van der Waals surface area contributed by atoms with Crippen LogP contribution in [0, 0.1) is 11.3 Å². The molecule has 9 nitrogen and oxygen atoms in total. The summed E-state index contributed by atoms with van der Waals surface area (Å²) in [6, 6.07) is 10.8. The van der Waals surface area contributed by atoms with Crippen molar-refractivity contribution >= 4 is 39.8 Å². The fourth-order valence-corrected chi connectivity index (χ4v) is 4.77. The Morgan fingerprint density at radius 2 is 2.16 bits per heavy atom. The predicted octanol–water partition coefficient (Wildman–Crippen LogP) is 2.33. The Morgan fingerprint density at radius 3 is 2.84 bits per heavy atom. The minimum absolute atomic E-state index is 0.172. The zero-order valence-electron chi connectivity index (χ0n) is 17.9. The zero-order valence-corrected chi connectivity index (χ0v) is 18.7. The zero-order chi connectivity index (χ0) is 22.2. The SMILES string of the molecule is C[S+]([O-])Cc1cc(Nc2cc(NC3CC3)n3ncc(C#N)c3n2)ccc1N1CC[C@@H](N)C1. The maximum atomic E-state index is 12.0. The molecule has 10 heteroatoms. The monoisotopic (exact) mass is 450 g/mol. The first-order valence-electron chi connectivity index (χ1n) is 10.8. The van der Waals surface area contributed by atoms with Gasteiger partial charge in [0.25, 0.3) is 0 Å². The molecule has 32 heavy (non-hydrogen) atoms. The smallest absolute Gasteiger partial charge is 0.177 e. The second-order valence-corrected chi connectivity index (χ2v) is 9.97. The lowest BCUT2D eigenvalue weighted by Gasteiger charge is -2.23. The van der Waals surface area contributed by atoms with Gasteiger partial charge >= 0.3 is 0 Å². The van der Waals surface area contributed by atoms with E-state index >= 15 is 0 Å². The van der Waals surface area contributed by atoms with E-state index in [1.165, 1.54) is 6.20 Å². The summed E-state index contributed by atoms with van der Waals surface area (Å²) in [4.78, 5) is 6.90. The molecule has 1 aliphatic carbocycles. The van der Waals surface area contributed by atoms with Crippen LogP contribution >= 0.6 is 0 Å². The highest BCUT2D eigenvalue weighted by Gasteiger charge is 2.24. The van der Waals surface area contributed by atoms with E-state index in [-0.39, 0.29) is 6.04 Å². The summed E-state index contributed by atoms with van der Waals surface area (Å²) in [5.41, 5.74) is 9.99. The molecule has 2 atom stereocenters. The molecule has 3 heterocycles. The summed E-state index contributed by atoms with van der Waals surface area (Å²) in [6.45, 7) is 1.71. The Balaban J connectivity index is 1.48. The molecule has 2 aromatic heterocycles. The number of aromatic nitrogens is 3. The molecule has 4 N–H and O–H groups in total. The average molecular weight is 451 g/mol. The van der Waals surface area contributed by atoms with Crippen molar-refractivity contribution in [2.75, 3.05) is 34.9 Å². The van der Waals surface area contributed by atoms with Crippen LogP contribution in [-0.4, -0.2) is 50.6 Å². The molecule has 1 saturated carbocycles. The summed E-state index contributed by atoms with van der Waals surface area (Å²) in [5, 5.41) is 20.6. The van der Waals surface area contributed by atoms with Gasteiger partial charge in [-0.3, -0.25) is 0 Å². The van der Waals surface area contributed by atoms with E-state index in [4.69, 9.17) is 5.73 Å². The van der Waals surface area contributed by atoms with Gasteiger partial charge in [-0.05, 0) is 37.5 Å². The van der Waals surface area contributed by atoms with Crippen molar-refractivity contribution in [1.82, 2.24) is 14.6 Å². The Morgan fingerprint density at radius 1 is 1.31 bits per heavy atom. The van der Waals surface area contributed by atoms with Crippen LogP contribution < -0.4 is 21.3 Å². The first kappa shape index (κ1) is 20.9. The van der Waals surface area contributed by atoms with E-state index in [0.717, 1.165) is 55.1 Å². The van der Waals surface area contributed by atoms with Crippen molar-refractivity contribution in [2.24, 2.45) is 5.73 Å². The van der Waals surface area contributed by atoms with Crippen molar-refractivity contribution in [3.8, 4) is 6.07 Å². The van der Waals surface area contributed by atoms with Gasteiger partial charge in [-0.1, -0.05) is 11.2 Å².